The number of hydrogen-bond donors (Lipinski definition) is 0. The molecule has 0 radical (unpaired) electrons. The fourth-order valence-corrected chi connectivity index (χ4v) is 3.72. The van der Waals surface area contributed by atoms with Crippen LogP contribution in [0, 0.1) is 12.8 Å². The number of rotatable bonds is 3. The molecule has 4 heteroatoms. The second kappa shape index (κ2) is 7.16. The van der Waals surface area contributed by atoms with Crippen molar-refractivity contribution in [1.29, 1.82) is 0 Å². The predicted molar refractivity (Wildman–Crippen MR) is 90.0 cm³/mol. The molecular formula is C19H26N2O2. The van der Waals surface area contributed by atoms with Crippen LogP contribution in [0.3, 0.4) is 0 Å². The van der Waals surface area contributed by atoms with Crippen LogP contribution in [-0.4, -0.2) is 47.8 Å². The van der Waals surface area contributed by atoms with Gasteiger partial charge in [0.15, 0.2) is 0 Å². The SMILES string of the molecule is Cc1cccc(CC(=O)N2CCN(C(=O)C3CCCC3)CC2)c1. The fourth-order valence-electron chi connectivity index (χ4n) is 3.72. The van der Waals surface area contributed by atoms with Gasteiger partial charge < -0.3 is 9.80 Å². The molecule has 0 atom stereocenters. The van der Waals surface area contributed by atoms with E-state index in [1.165, 1.54) is 18.4 Å². The van der Waals surface area contributed by atoms with E-state index in [1.807, 2.05) is 34.9 Å². The molecule has 1 aromatic rings. The Hall–Kier alpha value is -1.84. The molecule has 2 amide bonds. The molecule has 3 rings (SSSR count). The van der Waals surface area contributed by atoms with E-state index in [1.54, 1.807) is 0 Å². The number of amides is 2. The van der Waals surface area contributed by atoms with Crippen molar-refractivity contribution in [2.45, 2.75) is 39.0 Å². The molecule has 1 saturated heterocycles. The summed E-state index contributed by atoms with van der Waals surface area (Å²) >= 11 is 0. The van der Waals surface area contributed by atoms with E-state index in [0.29, 0.717) is 38.5 Å². The number of piperazine rings is 1. The Balaban J connectivity index is 1.50. The molecule has 4 nitrogen and oxygen atoms in total. The molecule has 0 spiro atoms. The Morgan fingerprint density at radius 3 is 2.35 bits per heavy atom. The normalized spacial score (nSPS) is 19.2. The minimum atomic E-state index is 0.170. The van der Waals surface area contributed by atoms with Gasteiger partial charge in [-0.15, -0.1) is 0 Å². The summed E-state index contributed by atoms with van der Waals surface area (Å²) in [7, 11) is 0. The van der Waals surface area contributed by atoms with Crippen LogP contribution in [0.15, 0.2) is 24.3 Å². The van der Waals surface area contributed by atoms with Gasteiger partial charge in [-0.1, -0.05) is 42.7 Å². The van der Waals surface area contributed by atoms with Gasteiger partial charge in [0.25, 0.3) is 0 Å². The summed E-state index contributed by atoms with van der Waals surface area (Å²) in [4.78, 5) is 28.7. The van der Waals surface area contributed by atoms with E-state index in [0.717, 1.165) is 18.4 Å². The van der Waals surface area contributed by atoms with Crippen molar-refractivity contribution in [2.24, 2.45) is 5.92 Å². The first-order valence-corrected chi connectivity index (χ1v) is 8.75. The minimum Gasteiger partial charge on any atom is -0.339 e. The number of nitrogens with zero attached hydrogens (tertiary/aromatic N) is 2. The molecule has 1 aliphatic carbocycles. The van der Waals surface area contributed by atoms with Gasteiger partial charge in [-0.05, 0) is 25.3 Å². The van der Waals surface area contributed by atoms with Gasteiger partial charge in [-0.25, -0.2) is 0 Å². The van der Waals surface area contributed by atoms with Crippen LogP contribution in [0.4, 0.5) is 0 Å². The van der Waals surface area contributed by atoms with Crippen LogP contribution >= 0.6 is 0 Å². The lowest BCUT2D eigenvalue weighted by atomic mass is 10.1. The summed E-state index contributed by atoms with van der Waals surface area (Å²) in [5, 5.41) is 0. The van der Waals surface area contributed by atoms with Crippen molar-refractivity contribution >= 4 is 11.8 Å². The second-order valence-corrected chi connectivity index (χ2v) is 6.85. The standard InChI is InChI=1S/C19H26N2O2/c1-15-5-4-6-16(13-15)14-18(22)20-9-11-21(12-10-20)19(23)17-7-2-3-8-17/h4-6,13,17H,2-3,7-12,14H2,1H3. The first kappa shape index (κ1) is 16.0. The van der Waals surface area contributed by atoms with Crippen molar-refractivity contribution in [1.82, 2.24) is 9.80 Å². The maximum absolute atomic E-state index is 12.4. The van der Waals surface area contributed by atoms with E-state index >= 15 is 0 Å². The molecule has 1 saturated carbocycles. The molecule has 2 aliphatic rings. The number of aryl methyl sites for hydroxylation is 1. The Labute approximate surface area is 138 Å². The van der Waals surface area contributed by atoms with Gasteiger partial charge in [0.2, 0.25) is 11.8 Å². The Morgan fingerprint density at radius 2 is 1.70 bits per heavy atom. The molecule has 124 valence electrons. The van der Waals surface area contributed by atoms with Crippen molar-refractivity contribution < 1.29 is 9.59 Å². The molecule has 2 fully saturated rings. The highest BCUT2D eigenvalue weighted by Crippen LogP contribution is 2.27. The lowest BCUT2D eigenvalue weighted by Crippen LogP contribution is -2.52. The first-order valence-electron chi connectivity index (χ1n) is 8.75. The maximum atomic E-state index is 12.4. The second-order valence-electron chi connectivity index (χ2n) is 6.85. The molecule has 0 aromatic heterocycles. The van der Waals surface area contributed by atoms with Gasteiger partial charge in [-0.2, -0.15) is 0 Å². The van der Waals surface area contributed by atoms with E-state index in [9.17, 15) is 9.59 Å². The highest BCUT2D eigenvalue weighted by molar-refractivity contribution is 5.81. The molecule has 0 N–H and O–H groups in total. The van der Waals surface area contributed by atoms with Crippen molar-refractivity contribution in [2.75, 3.05) is 26.2 Å². The summed E-state index contributed by atoms with van der Waals surface area (Å²) in [5.41, 5.74) is 2.25. The van der Waals surface area contributed by atoms with Crippen molar-refractivity contribution in [3.05, 3.63) is 35.4 Å². The van der Waals surface area contributed by atoms with E-state index in [2.05, 4.69) is 6.07 Å². The summed E-state index contributed by atoms with van der Waals surface area (Å²) < 4.78 is 0. The average molecular weight is 314 g/mol. The van der Waals surface area contributed by atoms with Gasteiger partial charge in [0, 0.05) is 32.1 Å². The number of hydrogen-bond acceptors (Lipinski definition) is 2. The van der Waals surface area contributed by atoms with Gasteiger partial charge >= 0.3 is 0 Å². The highest BCUT2D eigenvalue weighted by Gasteiger charge is 2.30. The van der Waals surface area contributed by atoms with Crippen LogP contribution in [0.1, 0.15) is 36.8 Å². The quantitative estimate of drug-likeness (QED) is 0.859. The number of carbonyl (C=O) groups excluding carboxylic acids is 2. The topological polar surface area (TPSA) is 40.6 Å². The zero-order valence-electron chi connectivity index (χ0n) is 14.0. The summed E-state index contributed by atoms with van der Waals surface area (Å²) in [5.74, 6) is 0.724. The summed E-state index contributed by atoms with van der Waals surface area (Å²) in [6.45, 7) is 4.76. The van der Waals surface area contributed by atoms with Crippen LogP contribution in [0.2, 0.25) is 0 Å². The lowest BCUT2D eigenvalue weighted by Gasteiger charge is -2.36. The molecule has 1 heterocycles. The third-order valence-electron chi connectivity index (χ3n) is 5.09. The van der Waals surface area contributed by atoms with Crippen LogP contribution < -0.4 is 0 Å². The first-order chi connectivity index (χ1) is 11.1. The zero-order valence-corrected chi connectivity index (χ0v) is 14.0. The third kappa shape index (κ3) is 3.92. The zero-order chi connectivity index (χ0) is 16.2. The Kier molecular flexibility index (Phi) is 4.99. The molecule has 1 aliphatic heterocycles. The number of carbonyl (C=O) groups is 2. The molecule has 1 aromatic carbocycles. The molecule has 0 unspecified atom stereocenters. The molecule has 0 bridgehead atoms. The fraction of sp³-hybridized carbons (Fsp3) is 0.579. The van der Waals surface area contributed by atoms with Crippen molar-refractivity contribution in [3.8, 4) is 0 Å². The molecular weight excluding hydrogens is 288 g/mol. The highest BCUT2D eigenvalue weighted by atomic mass is 16.2. The Bertz CT molecular complexity index is 570. The molecule has 23 heavy (non-hydrogen) atoms. The smallest absolute Gasteiger partial charge is 0.227 e. The summed E-state index contributed by atoms with van der Waals surface area (Å²) in [6.07, 6.45) is 4.92. The van der Waals surface area contributed by atoms with Gasteiger partial charge in [0.1, 0.15) is 0 Å². The van der Waals surface area contributed by atoms with Crippen LogP contribution in [0.25, 0.3) is 0 Å². The van der Waals surface area contributed by atoms with E-state index in [-0.39, 0.29) is 11.8 Å². The maximum Gasteiger partial charge on any atom is 0.227 e. The average Bonchev–Trinajstić information content (AvgIpc) is 3.09. The summed E-state index contributed by atoms with van der Waals surface area (Å²) in [6, 6.07) is 8.11. The minimum absolute atomic E-state index is 0.170. The predicted octanol–water partition coefficient (Wildman–Crippen LogP) is 2.40. The monoisotopic (exact) mass is 314 g/mol. The number of benzene rings is 1. The third-order valence-corrected chi connectivity index (χ3v) is 5.09. The largest absolute Gasteiger partial charge is 0.339 e. The van der Waals surface area contributed by atoms with Crippen LogP contribution in [-0.2, 0) is 16.0 Å². The van der Waals surface area contributed by atoms with Crippen LogP contribution in [0.5, 0.6) is 0 Å². The van der Waals surface area contributed by atoms with E-state index in [4.69, 9.17) is 0 Å². The Morgan fingerprint density at radius 1 is 1.04 bits per heavy atom. The van der Waals surface area contributed by atoms with Crippen molar-refractivity contribution in [3.63, 3.8) is 0 Å². The van der Waals surface area contributed by atoms with Gasteiger partial charge in [0.05, 0.1) is 6.42 Å². The van der Waals surface area contributed by atoms with Gasteiger partial charge in [-0.3, -0.25) is 9.59 Å². The van der Waals surface area contributed by atoms with E-state index < -0.39 is 0 Å². The lowest BCUT2D eigenvalue weighted by molar-refractivity contribution is -0.141.